The summed E-state index contributed by atoms with van der Waals surface area (Å²) in [4.78, 5) is 27.6. The van der Waals surface area contributed by atoms with Gasteiger partial charge in [-0.1, -0.05) is 12.8 Å². The number of amides is 1. The first kappa shape index (κ1) is 15.5. The van der Waals surface area contributed by atoms with Gasteiger partial charge in [-0.05, 0) is 26.2 Å². The third-order valence-electron chi connectivity index (χ3n) is 4.84. The minimum absolute atomic E-state index is 0.00549. The maximum Gasteiger partial charge on any atom is 0.273 e. The number of aryl methyl sites for hydroxylation is 1. The second kappa shape index (κ2) is 6.47. The van der Waals surface area contributed by atoms with Crippen LogP contribution in [0.15, 0.2) is 17.0 Å². The number of anilines is 1. The fraction of sp³-hybridized carbons (Fsp3) is 0.529. The van der Waals surface area contributed by atoms with Gasteiger partial charge in [0.05, 0.1) is 17.2 Å². The topological polar surface area (TPSA) is 71.0 Å². The monoisotopic (exact) mass is 343 g/mol. The Morgan fingerprint density at radius 1 is 1.29 bits per heavy atom. The molecule has 1 aliphatic carbocycles. The number of nitrogens with zero attached hydrogens (tertiary/aromatic N) is 4. The van der Waals surface area contributed by atoms with E-state index in [-0.39, 0.29) is 11.9 Å². The van der Waals surface area contributed by atoms with E-state index in [4.69, 9.17) is 0 Å². The zero-order valence-corrected chi connectivity index (χ0v) is 14.6. The molecule has 2 aromatic rings. The molecule has 0 radical (unpaired) electrons. The van der Waals surface area contributed by atoms with Crippen LogP contribution in [0.5, 0.6) is 0 Å². The quantitative estimate of drug-likeness (QED) is 0.923. The summed E-state index contributed by atoms with van der Waals surface area (Å²) in [7, 11) is 0. The Bertz CT molecular complexity index is 727. The average Bonchev–Trinajstić information content (AvgIpc) is 3.18. The van der Waals surface area contributed by atoms with E-state index < -0.39 is 0 Å². The molecule has 1 N–H and O–H groups in total. The molecule has 7 heteroatoms. The Labute approximate surface area is 145 Å². The number of hydrogen-bond acceptors (Lipinski definition) is 6. The normalized spacial score (nSPS) is 20.9. The molecule has 2 aromatic heterocycles. The first-order chi connectivity index (χ1) is 11.7. The van der Waals surface area contributed by atoms with Gasteiger partial charge >= 0.3 is 0 Å². The van der Waals surface area contributed by atoms with Crippen molar-refractivity contribution in [1.82, 2.24) is 19.9 Å². The van der Waals surface area contributed by atoms with Crippen molar-refractivity contribution >= 4 is 23.1 Å². The molecule has 2 aliphatic rings. The third kappa shape index (κ3) is 3.00. The molecule has 2 fully saturated rings. The Balaban J connectivity index is 1.52. The van der Waals surface area contributed by atoms with Crippen molar-refractivity contribution in [3.8, 4) is 0 Å². The van der Waals surface area contributed by atoms with Crippen LogP contribution in [0, 0.1) is 6.92 Å². The number of thiazole rings is 1. The standard InChI is InChI=1S/C17H21N5OS/c1-11-19-13(8-16(20-11)21-12-4-2-3-5-12)15-6-7-22(15)17(23)14-9-24-10-18-14/h8-10,12,15H,2-7H2,1H3,(H,19,20,21). The maximum atomic E-state index is 12.5. The van der Waals surface area contributed by atoms with E-state index >= 15 is 0 Å². The maximum absolute atomic E-state index is 12.5. The zero-order valence-electron chi connectivity index (χ0n) is 13.7. The number of aromatic nitrogens is 3. The Morgan fingerprint density at radius 2 is 2.12 bits per heavy atom. The highest BCUT2D eigenvalue weighted by Crippen LogP contribution is 2.34. The zero-order chi connectivity index (χ0) is 16.5. The van der Waals surface area contributed by atoms with Gasteiger partial charge in [-0.2, -0.15) is 0 Å². The van der Waals surface area contributed by atoms with Crippen molar-refractivity contribution in [1.29, 1.82) is 0 Å². The number of rotatable bonds is 4. The molecule has 1 saturated carbocycles. The van der Waals surface area contributed by atoms with Gasteiger partial charge in [0.2, 0.25) is 0 Å². The van der Waals surface area contributed by atoms with E-state index in [0.29, 0.717) is 11.7 Å². The molecule has 1 atom stereocenters. The van der Waals surface area contributed by atoms with Crippen molar-refractivity contribution in [2.24, 2.45) is 0 Å². The lowest BCUT2D eigenvalue weighted by atomic mass is 9.98. The summed E-state index contributed by atoms with van der Waals surface area (Å²) in [5, 5.41) is 5.33. The number of nitrogens with one attached hydrogen (secondary N) is 1. The number of carbonyl (C=O) groups is 1. The molecule has 4 rings (SSSR count). The van der Waals surface area contributed by atoms with E-state index in [1.807, 2.05) is 17.9 Å². The van der Waals surface area contributed by atoms with Gasteiger partial charge in [0.15, 0.2) is 0 Å². The lowest BCUT2D eigenvalue weighted by Crippen LogP contribution is -2.45. The highest BCUT2D eigenvalue weighted by molar-refractivity contribution is 7.07. The minimum Gasteiger partial charge on any atom is -0.367 e. The van der Waals surface area contributed by atoms with Crippen molar-refractivity contribution < 1.29 is 4.79 Å². The van der Waals surface area contributed by atoms with Crippen LogP contribution in [0.3, 0.4) is 0 Å². The average molecular weight is 343 g/mol. The fourth-order valence-electron chi connectivity index (χ4n) is 3.52. The van der Waals surface area contributed by atoms with Gasteiger partial charge in [-0.3, -0.25) is 4.79 Å². The molecule has 1 unspecified atom stereocenters. The van der Waals surface area contributed by atoms with Gasteiger partial charge < -0.3 is 10.2 Å². The Hall–Kier alpha value is -2.02. The lowest BCUT2D eigenvalue weighted by Gasteiger charge is -2.40. The molecular weight excluding hydrogens is 322 g/mol. The summed E-state index contributed by atoms with van der Waals surface area (Å²) in [6.07, 6.45) is 5.92. The Morgan fingerprint density at radius 3 is 2.79 bits per heavy atom. The van der Waals surface area contributed by atoms with Crippen LogP contribution in [0.2, 0.25) is 0 Å². The minimum atomic E-state index is -0.00549. The summed E-state index contributed by atoms with van der Waals surface area (Å²) in [6.45, 7) is 2.67. The molecule has 0 spiro atoms. The van der Waals surface area contributed by atoms with Gasteiger partial charge in [0.1, 0.15) is 17.3 Å². The predicted molar refractivity (Wildman–Crippen MR) is 93.2 cm³/mol. The second-order valence-corrected chi connectivity index (χ2v) is 7.25. The molecule has 126 valence electrons. The number of hydrogen-bond donors (Lipinski definition) is 1. The van der Waals surface area contributed by atoms with Crippen molar-refractivity contribution in [3.63, 3.8) is 0 Å². The van der Waals surface area contributed by atoms with Crippen molar-refractivity contribution in [3.05, 3.63) is 34.2 Å². The molecule has 3 heterocycles. The summed E-state index contributed by atoms with van der Waals surface area (Å²) in [5.74, 6) is 1.63. The van der Waals surface area contributed by atoms with Crippen LogP contribution in [0.25, 0.3) is 0 Å². The summed E-state index contributed by atoms with van der Waals surface area (Å²) >= 11 is 1.45. The van der Waals surface area contributed by atoms with E-state index in [1.54, 1.807) is 10.9 Å². The highest BCUT2D eigenvalue weighted by atomic mass is 32.1. The van der Waals surface area contributed by atoms with E-state index in [9.17, 15) is 4.79 Å². The van der Waals surface area contributed by atoms with Gasteiger partial charge in [0.25, 0.3) is 5.91 Å². The lowest BCUT2D eigenvalue weighted by molar-refractivity contribution is 0.0445. The van der Waals surface area contributed by atoms with Crippen molar-refractivity contribution in [2.45, 2.75) is 51.1 Å². The molecular formula is C17H21N5OS. The predicted octanol–water partition coefficient (Wildman–Crippen LogP) is 3.18. The van der Waals surface area contributed by atoms with E-state index in [0.717, 1.165) is 30.3 Å². The molecule has 6 nitrogen and oxygen atoms in total. The van der Waals surface area contributed by atoms with Crippen LogP contribution >= 0.6 is 11.3 Å². The van der Waals surface area contributed by atoms with Crippen LogP contribution < -0.4 is 5.32 Å². The molecule has 1 amide bonds. The van der Waals surface area contributed by atoms with Crippen LogP contribution in [-0.4, -0.2) is 38.3 Å². The number of carbonyl (C=O) groups excluding carboxylic acids is 1. The molecule has 24 heavy (non-hydrogen) atoms. The first-order valence-corrected chi connectivity index (χ1v) is 9.46. The molecule has 0 aromatic carbocycles. The van der Waals surface area contributed by atoms with E-state index in [2.05, 4.69) is 20.3 Å². The van der Waals surface area contributed by atoms with Gasteiger partial charge in [0, 0.05) is 24.0 Å². The highest BCUT2D eigenvalue weighted by Gasteiger charge is 2.36. The molecule has 0 bridgehead atoms. The van der Waals surface area contributed by atoms with Crippen molar-refractivity contribution in [2.75, 3.05) is 11.9 Å². The third-order valence-corrected chi connectivity index (χ3v) is 5.42. The van der Waals surface area contributed by atoms with Gasteiger partial charge in [-0.25, -0.2) is 15.0 Å². The van der Waals surface area contributed by atoms with Gasteiger partial charge in [-0.15, -0.1) is 11.3 Å². The smallest absolute Gasteiger partial charge is 0.273 e. The van der Waals surface area contributed by atoms with E-state index in [1.165, 1.54) is 37.0 Å². The fourth-order valence-corrected chi connectivity index (χ4v) is 4.04. The van der Waals surface area contributed by atoms with Crippen LogP contribution in [-0.2, 0) is 0 Å². The largest absolute Gasteiger partial charge is 0.367 e. The summed E-state index contributed by atoms with van der Waals surface area (Å²) in [5.41, 5.74) is 3.15. The molecule has 1 saturated heterocycles. The first-order valence-electron chi connectivity index (χ1n) is 8.52. The molecule has 1 aliphatic heterocycles. The summed E-state index contributed by atoms with van der Waals surface area (Å²) in [6, 6.07) is 2.56. The Kier molecular flexibility index (Phi) is 4.18. The van der Waals surface area contributed by atoms with Crippen LogP contribution in [0.4, 0.5) is 5.82 Å². The summed E-state index contributed by atoms with van der Waals surface area (Å²) < 4.78 is 0. The SMILES string of the molecule is Cc1nc(NC2CCCC2)cc(C2CCN2C(=O)c2cscn2)n1. The van der Waals surface area contributed by atoms with Crippen LogP contribution in [0.1, 0.15) is 60.2 Å². The second-order valence-electron chi connectivity index (χ2n) is 6.53. The number of likely N-dealkylation sites (tertiary alicyclic amines) is 1.